The van der Waals surface area contributed by atoms with Crippen LogP contribution in [0.3, 0.4) is 0 Å². The number of carbonyl (C=O) groups is 1. The SMILES string of the molecule is COCCN=C1Nc2ccccc2N[C@]12CCCN(C(=O)c1ccc(OC)c(OC)c1)C2. The first-order valence-corrected chi connectivity index (χ1v) is 10.8. The molecule has 0 radical (unpaired) electrons. The number of nitrogens with zero attached hydrogens (tertiary/aromatic N) is 2. The molecule has 0 aromatic heterocycles. The average molecular weight is 439 g/mol. The van der Waals surface area contributed by atoms with Crippen molar-refractivity contribution in [3.63, 3.8) is 0 Å². The second kappa shape index (κ2) is 9.48. The van der Waals surface area contributed by atoms with E-state index in [1.807, 2.05) is 29.2 Å². The van der Waals surface area contributed by atoms with E-state index < -0.39 is 5.54 Å². The number of carbonyl (C=O) groups excluding carboxylic acids is 1. The van der Waals surface area contributed by atoms with Crippen molar-refractivity contribution in [2.24, 2.45) is 4.99 Å². The molecule has 2 aromatic carbocycles. The molecule has 32 heavy (non-hydrogen) atoms. The second-order valence-corrected chi connectivity index (χ2v) is 8.00. The van der Waals surface area contributed by atoms with Crippen LogP contribution in [0.25, 0.3) is 0 Å². The average Bonchev–Trinajstić information content (AvgIpc) is 2.83. The van der Waals surface area contributed by atoms with Gasteiger partial charge in [-0.2, -0.15) is 0 Å². The van der Waals surface area contributed by atoms with E-state index in [1.165, 1.54) is 0 Å². The zero-order valence-corrected chi connectivity index (χ0v) is 18.8. The summed E-state index contributed by atoms with van der Waals surface area (Å²) in [6.45, 7) is 2.28. The van der Waals surface area contributed by atoms with Gasteiger partial charge in [0.1, 0.15) is 11.4 Å². The summed E-state index contributed by atoms with van der Waals surface area (Å²) in [6, 6.07) is 13.3. The molecule has 2 aromatic rings. The summed E-state index contributed by atoms with van der Waals surface area (Å²) in [5.74, 6) is 1.94. The lowest BCUT2D eigenvalue weighted by Crippen LogP contribution is -2.62. The molecule has 0 bridgehead atoms. The number of amides is 1. The van der Waals surface area contributed by atoms with Crippen LogP contribution in [0.15, 0.2) is 47.5 Å². The third kappa shape index (κ3) is 4.23. The molecule has 170 valence electrons. The quantitative estimate of drug-likeness (QED) is 0.674. The number of hydrogen-bond donors (Lipinski definition) is 2. The largest absolute Gasteiger partial charge is 0.493 e. The monoisotopic (exact) mass is 438 g/mol. The Labute approximate surface area is 188 Å². The number of ether oxygens (including phenoxy) is 3. The normalized spacial score (nSPS) is 21.0. The Morgan fingerprint density at radius 2 is 1.88 bits per heavy atom. The number of anilines is 2. The summed E-state index contributed by atoms with van der Waals surface area (Å²) in [7, 11) is 4.82. The van der Waals surface area contributed by atoms with E-state index in [4.69, 9.17) is 19.2 Å². The lowest BCUT2D eigenvalue weighted by molar-refractivity contribution is 0.0694. The summed E-state index contributed by atoms with van der Waals surface area (Å²) in [4.78, 5) is 20.1. The number of nitrogens with one attached hydrogen (secondary N) is 2. The number of hydrogen-bond acceptors (Lipinski definition) is 6. The number of piperidine rings is 1. The molecule has 2 aliphatic rings. The van der Waals surface area contributed by atoms with Crippen LogP contribution in [-0.4, -0.2) is 69.8 Å². The number of methoxy groups -OCH3 is 3. The summed E-state index contributed by atoms with van der Waals surface area (Å²) >= 11 is 0. The zero-order valence-electron chi connectivity index (χ0n) is 18.8. The van der Waals surface area contributed by atoms with E-state index >= 15 is 0 Å². The molecule has 2 N–H and O–H groups in total. The van der Waals surface area contributed by atoms with Crippen LogP contribution in [0.2, 0.25) is 0 Å². The highest BCUT2D eigenvalue weighted by Gasteiger charge is 2.44. The van der Waals surface area contributed by atoms with Gasteiger partial charge in [-0.3, -0.25) is 9.79 Å². The van der Waals surface area contributed by atoms with Crippen LogP contribution in [-0.2, 0) is 4.74 Å². The molecule has 1 atom stereocenters. The third-order valence-electron chi connectivity index (χ3n) is 5.98. The number of para-hydroxylation sites is 2. The van der Waals surface area contributed by atoms with Crippen molar-refractivity contribution in [2.75, 3.05) is 58.2 Å². The summed E-state index contributed by atoms with van der Waals surface area (Å²) in [5, 5.41) is 7.20. The standard InChI is InChI=1S/C24H30N4O4/c1-30-14-12-25-23-24(27-19-8-5-4-7-18(19)26-23)11-6-13-28(16-24)22(29)17-9-10-20(31-2)21(15-17)32-3/h4-5,7-10,15,27H,6,11-14,16H2,1-3H3,(H,25,26)/t24-/m0/s1. The van der Waals surface area contributed by atoms with E-state index in [9.17, 15) is 4.79 Å². The molecule has 8 nitrogen and oxygen atoms in total. The first-order valence-electron chi connectivity index (χ1n) is 10.8. The van der Waals surface area contributed by atoms with E-state index in [0.717, 1.165) is 30.1 Å². The fourth-order valence-electron chi connectivity index (χ4n) is 4.38. The molecule has 1 amide bonds. The molecule has 1 saturated heterocycles. The van der Waals surface area contributed by atoms with Gasteiger partial charge in [-0.1, -0.05) is 12.1 Å². The highest BCUT2D eigenvalue weighted by atomic mass is 16.5. The third-order valence-corrected chi connectivity index (χ3v) is 5.98. The van der Waals surface area contributed by atoms with Crippen LogP contribution in [0.4, 0.5) is 11.4 Å². The van der Waals surface area contributed by atoms with Gasteiger partial charge in [-0.25, -0.2) is 0 Å². The van der Waals surface area contributed by atoms with E-state index in [2.05, 4.69) is 10.6 Å². The molecule has 4 rings (SSSR count). The van der Waals surface area contributed by atoms with Crippen molar-refractivity contribution in [3.05, 3.63) is 48.0 Å². The Morgan fingerprint density at radius 1 is 1.09 bits per heavy atom. The van der Waals surface area contributed by atoms with E-state index in [0.29, 0.717) is 43.3 Å². The van der Waals surface area contributed by atoms with Gasteiger partial charge >= 0.3 is 0 Å². The van der Waals surface area contributed by atoms with Gasteiger partial charge in [0.15, 0.2) is 11.5 Å². The minimum absolute atomic E-state index is 0.0399. The number of aliphatic imine (C=N–C) groups is 1. The molecule has 1 spiro atoms. The number of rotatable bonds is 6. The van der Waals surface area contributed by atoms with Crippen LogP contribution in [0.1, 0.15) is 23.2 Å². The summed E-state index contributed by atoms with van der Waals surface area (Å²) in [6.07, 6.45) is 1.73. The zero-order chi connectivity index (χ0) is 22.6. The van der Waals surface area contributed by atoms with Gasteiger partial charge in [0.05, 0.1) is 45.3 Å². The number of likely N-dealkylation sites (tertiary alicyclic amines) is 1. The van der Waals surface area contributed by atoms with Crippen LogP contribution < -0.4 is 20.1 Å². The fraction of sp³-hybridized carbons (Fsp3) is 0.417. The summed E-state index contributed by atoms with van der Waals surface area (Å²) < 4.78 is 15.9. The Bertz CT molecular complexity index is 1010. The Morgan fingerprint density at radius 3 is 2.62 bits per heavy atom. The maximum absolute atomic E-state index is 13.4. The minimum atomic E-state index is -0.480. The molecular formula is C24H30N4O4. The van der Waals surface area contributed by atoms with E-state index in [-0.39, 0.29) is 5.91 Å². The van der Waals surface area contributed by atoms with Crippen molar-refractivity contribution in [1.29, 1.82) is 0 Å². The van der Waals surface area contributed by atoms with Gasteiger partial charge in [-0.05, 0) is 43.2 Å². The smallest absolute Gasteiger partial charge is 0.254 e. The Hall–Kier alpha value is -3.26. The van der Waals surface area contributed by atoms with Gasteiger partial charge < -0.3 is 29.7 Å². The van der Waals surface area contributed by atoms with Crippen LogP contribution >= 0.6 is 0 Å². The maximum atomic E-state index is 13.4. The van der Waals surface area contributed by atoms with Gasteiger partial charge in [0.25, 0.3) is 5.91 Å². The number of fused-ring (bicyclic) bond motifs is 1. The van der Waals surface area contributed by atoms with Gasteiger partial charge in [-0.15, -0.1) is 0 Å². The number of benzene rings is 2. The molecule has 2 heterocycles. The van der Waals surface area contributed by atoms with Crippen molar-refractivity contribution in [2.45, 2.75) is 18.4 Å². The maximum Gasteiger partial charge on any atom is 0.254 e. The Balaban J connectivity index is 1.63. The summed E-state index contributed by atoms with van der Waals surface area (Å²) in [5.41, 5.74) is 2.09. The van der Waals surface area contributed by atoms with Crippen molar-refractivity contribution in [1.82, 2.24) is 4.90 Å². The topological polar surface area (TPSA) is 84.4 Å². The molecule has 0 unspecified atom stereocenters. The second-order valence-electron chi connectivity index (χ2n) is 8.00. The Kier molecular flexibility index (Phi) is 6.50. The van der Waals surface area contributed by atoms with Crippen LogP contribution in [0.5, 0.6) is 11.5 Å². The predicted molar refractivity (Wildman–Crippen MR) is 125 cm³/mol. The highest BCUT2D eigenvalue weighted by molar-refractivity contribution is 6.10. The van der Waals surface area contributed by atoms with Crippen molar-refractivity contribution in [3.8, 4) is 11.5 Å². The molecule has 0 aliphatic carbocycles. The van der Waals surface area contributed by atoms with Gasteiger partial charge in [0, 0.05) is 19.2 Å². The number of amidine groups is 1. The lowest BCUT2D eigenvalue weighted by Gasteiger charge is -2.47. The first-order chi connectivity index (χ1) is 15.6. The van der Waals surface area contributed by atoms with Crippen LogP contribution in [0, 0.1) is 0 Å². The highest BCUT2D eigenvalue weighted by Crippen LogP contribution is 2.37. The lowest BCUT2D eigenvalue weighted by atomic mass is 9.84. The molecular weight excluding hydrogens is 408 g/mol. The van der Waals surface area contributed by atoms with Gasteiger partial charge in [0.2, 0.25) is 0 Å². The van der Waals surface area contributed by atoms with Crippen molar-refractivity contribution >= 4 is 23.1 Å². The predicted octanol–water partition coefficient (Wildman–Crippen LogP) is 3.26. The van der Waals surface area contributed by atoms with E-state index in [1.54, 1.807) is 39.5 Å². The first kappa shape index (κ1) is 22.0. The molecule has 1 fully saturated rings. The molecule has 0 saturated carbocycles. The minimum Gasteiger partial charge on any atom is -0.493 e. The molecule has 8 heteroatoms. The van der Waals surface area contributed by atoms with Crippen molar-refractivity contribution < 1.29 is 19.0 Å². The molecule has 2 aliphatic heterocycles. The fourth-order valence-corrected chi connectivity index (χ4v) is 4.38.